The highest BCUT2D eigenvalue weighted by atomic mass is 79.9. The number of halogens is 3. The second-order valence-electron chi connectivity index (χ2n) is 6.42. The molecular weight excluding hydrogens is 446 g/mol. The minimum atomic E-state index is -1.02. The summed E-state index contributed by atoms with van der Waals surface area (Å²) in [6.07, 6.45) is 0.639. The lowest BCUT2D eigenvalue weighted by molar-refractivity contribution is 0.191. The molecule has 0 aliphatic rings. The number of aliphatic hydroxyl groups is 1. The highest BCUT2D eigenvalue weighted by Gasteiger charge is 2.17. The van der Waals surface area contributed by atoms with Crippen molar-refractivity contribution in [1.82, 2.24) is 15.0 Å². The Morgan fingerprint density at radius 1 is 1.17 bits per heavy atom. The number of H-pyrrole nitrogens is 2. The normalized spacial score (nSPS) is 12.3. The van der Waals surface area contributed by atoms with E-state index >= 15 is 0 Å². The molecule has 0 spiro atoms. The van der Waals surface area contributed by atoms with Gasteiger partial charge in [0.25, 0.3) is 5.56 Å². The maximum absolute atomic E-state index is 13.5. The van der Waals surface area contributed by atoms with Crippen LogP contribution in [0, 0.1) is 11.6 Å². The fourth-order valence-corrected chi connectivity index (χ4v) is 3.44. The Morgan fingerprint density at radius 2 is 1.97 bits per heavy atom. The molecule has 0 fully saturated rings. The zero-order valence-electron chi connectivity index (χ0n) is 14.8. The van der Waals surface area contributed by atoms with Gasteiger partial charge in [0, 0.05) is 29.3 Å². The molecule has 1 unspecified atom stereocenters. The highest BCUT2D eigenvalue weighted by molar-refractivity contribution is 9.10. The number of hydrogen-bond acceptors (Lipinski definition) is 4. The van der Waals surface area contributed by atoms with Gasteiger partial charge in [0.2, 0.25) is 0 Å². The van der Waals surface area contributed by atoms with Gasteiger partial charge >= 0.3 is 0 Å². The van der Waals surface area contributed by atoms with Crippen molar-refractivity contribution in [3.63, 3.8) is 0 Å². The fraction of sp³-hybridized carbons (Fsp3) is 0.100. The number of pyridine rings is 1. The van der Waals surface area contributed by atoms with Crippen LogP contribution < -0.4 is 10.9 Å². The van der Waals surface area contributed by atoms with Gasteiger partial charge in [0.05, 0.1) is 22.8 Å². The number of nitrogens with zero attached hydrogens (tertiary/aromatic N) is 1. The summed E-state index contributed by atoms with van der Waals surface area (Å²) in [5, 5.41) is 13.5. The van der Waals surface area contributed by atoms with Crippen molar-refractivity contribution >= 4 is 32.7 Å². The van der Waals surface area contributed by atoms with Gasteiger partial charge in [0.15, 0.2) is 11.6 Å². The number of aromatic nitrogens is 3. The van der Waals surface area contributed by atoms with E-state index in [1.165, 1.54) is 6.20 Å². The number of rotatable bonds is 5. The van der Waals surface area contributed by atoms with Crippen LogP contribution in [0.1, 0.15) is 11.7 Å². The first-order valence-electron chi connectivity index (χ1n) is 8.66. The van der Waals surface area contributed by atoms with Crippen LogP contribution in [-0.4, -0.2) is 26.6 Å². The summed E-state index contributed by atoms with van der Waals surface area (Å²) >= 11 is 3.36. The summed E-state index contributed by atoms with van der Waals surface area (Å²) in [5.41, 5.74) is 1.32. The third kappa shape index (κ3) is 3.92. The Kier molecular flexibility index (Phi) is 5.16. The van der Waals surface area contributed by atoms with Crippen molar-refractivity contribution < 1.29 is 13.9 Å². The maximum Gasteiger partial charge on any atom is 0.261 e. The van der Waals surface area contributed by atoms with Crippen LogP contribution in [0.4, 0.5) is 14.5 Å². The summed E-state index contributed by atoms with van der Waals surface area (Å²) in [6, 6.07) is 10.8. The number of aromatic amines is 2. The Labute approximate surface area is 171 Å². The average molecular weight is 461 g/mol. The SMILES string of the molecule is O=c1[nH]ccc(NCC(O)c2cccc(Br)c2)c1-c1nc2cc(F)c(F)cc2[nH]1. The first kappa shape index (κ1) is 19.3. The van der Waals surface area contributed by atoms with Crippen LogP contribution in [0.5, 0.6) is 0 Å². The summed E-state index contributed by atoms with van der Waals surface area (Å²) in [6.45, 7) is 0.135. The molecule has 0 amide bonds. The van der Waals surface area contributed by atoms with Gasteiger partial charge in [-0.3, -0.25) is 4.79 Å². The summed E-state index contributed by atoms with van der Waals surface area (Å²) < 4.78 is 27.8. The number of nitrogens with one attached hydrogen (secondary N) is 3. The Hall–Kier alpha value is -3.04. The minimum Gasteiger partial charge on any atom is -0.387 e. The molecule has 4 aromatic rings. The van der Waals surface area contributed by atoms with Gasteiger partial charge in [-0.25, -0.2) is 13.8 Å². The van der Waals surface area contributed by atoms with Crippen LogP contribution in [0.3, 0.4) is 0 Å². The topological polar surface area (TPSA) is 93.8 Å². The quantitative estimate of drug-likeness (QED) is 0.360. The lowest BCUT2D eigenvalue weighted by Gasteiger charge is -2.15. The molecule has 6 nitrogen and oxygen atoms in total. The van der Waals surface area contributed by atoms with Crippen molar-refractivity contribution in [3.8, 4) is 11.4 Å². The number of aliphatic hydroxyl groups excluding tert-OH is 1. The van der Waals surface area contributed by atoms with Gasteiger partial charge in [-0.1, -0.05) is 28.1 Å². The largest absolute Gasteiger partial charge is 0.387 e. The third-order valence-electron chi connectivity index (χ3n) is 4.44. The van der Waals surface area contributed by atoms with Crippen molar-refractivity contribution in [1.29, 1.82) is 0 Å². The van der Waals surface area contributed by atoms with Crippen molar-refractivity contribution in [3.05, 3.63) is 80.7 Å². The van der Waals surface area contributed by atoms with Crippen LogP contribution in [-0.2, 0) is 0 Å². The minimum absolute atomic E-state index is 0.135. The predicted molar refractivity (Wildman–Crippen MR) is 110 cm³/mol. The van der Waals surface area contributed by atoms with E-state index in [0.717, 1.165) is 16.6 Å². The van der Waals surface area contributed by atoms with Gasteiger partial charge in [-0.05, 0) is 23.8 Å². The molecule has 148 valence electrons. The van der Waals surface area contributed by atoms with Crippen molar-refractivity contribution in [2.24, 2.45) is 0 Å². The first-order chi connectivity index (χ1) is 13.9. The molecule has 9 heteroatoms. The molecule has 2 heterocycles. The summed E-state index contributed by atoms with van der Waals surface area (Å²) in [4.78, 5) is 22.1. The van der Waals surface area contributed by atoms with E-state index in [9.17, 15) is 18.7 Å². The fourth-order valence-electron chi connectivity index (χ4n) is 3.02. The molecule has 0 saturated carbocycles. The third-order valence-corrected chi connectivity index (χ3v) is 4.93. The van der Waals surface area contributed by atoms with Crippen molar-refractivity contribution in [2.45, 2.75) is 6.10 Å². The second kappa shape index (κ2) is 7.76. The van der Waals surface area contributed by atoms with Gasteiger partial charge in [-0.2, -0.15) is 0 Å². The number of benzene rings is 2. The van der Waals surface area contributed by atoms with Crippen LogP contribution >= 0.6 is 15.9 Å². The zero-order chi connectivity index (χ0) is 20.5. The molecule has 0 saturated heterocycles. The number of hydrogen-bond donors (Lipinski definition) is 4. The van der Waals surface area contributed by atoms with Crippen LogP contribution in [0.15, 0.2) is 57.9 Å². The van der Waals surface area contributed by atoms with E-state index in [-0.39, 0.29) is 29.0 Å². The molecular formula is C20H15BrF2N4O2. The molecule has 2 aromatic heterocycles. The van der Waals surface area contributed by atoms with E-state index < -0.39 is 23.3 Å². The molecule has 0 aliphatic carbocycles. The molecule has 29 heavy (non-hydrogen) atoms. The lowest BCUT2D eigenvalue weighted by atomic mass is 10.1. The van der Waals surface area contributed by atoms with Crippen LogP contribution in [0.25, 0.3) is 22.4 Å². The van der Waals surface area contributed by atoms with E-state index in [0.29, 0.717) is 11.3 Å². The standard InChI is InChI=1S/C20H15BrF2N4O2/c21-11-3-1-2-10(6-11)17(28)9-25-14-4-5-24-20(29)18(14)19-26-15-7-12(22)13(23)8-16(15)27-19/h1-8,17,28H,9H2,(H,26,27)(H2,24,25,29). The Bertz CT molecular complexity index is 1220. The van der Waals surface area contributed by atoms with E-state index in [2.05, 4.69) is 36.2 Å². The van der Waals surface area contributed by atoms with E-state index in [4.69, 9.17) is 0 Å². The lowest BCUT2D eigenvalue weighted by Crippen LogP contribution is -2.17. The van der Waals surface area contributed by atoms with Crippen molar-refractivity contribution in [2.75, 3.05) is 11.9 Å². The maximum atomic E-state index is 13.5. The predicted octanol–water partition coefficient (Wildman–Crippen LogP) is 4.10. The Morgan fingerprint density at radius 3 is 2.76 bits per heavy atom. The molecule has 0 radical (unpaired) electrons. The number of imidazole rings is 1. The second-order valence-corrected chi connectivity index (χ2v) is 7.33. The van der Waals surface area contributed by atoms with E-state index in [1.807, 2.05) is 12.1 Å². The van der Waals surface area contributed by atoms with E-state index in [1.54, 1.807) is 18.2 Å². The number of anilines is 1. The molecule has 4 N–H and O–H groups in total. The molecule has 0 aliphatic heterocycles. The van der Waals surface area contributed by atoms with Gasteiger partial charge < -0.3 is 20.4 Å². The Balaban J connectivity index is 1.66. The smallest absolute Gasteiger partial charge is 0.261 e. The molecule has 4 rings (SSSR count). The summed E-state index contributed by atoms with van der Waals surface area (Å²) in [7, 11) is 0. The zero-order valence-corrected chi connectivity index (χ0v) is 16.4. The van der Waals surface area contributed by atoms with Crippen LogP contribution in [0.2, 0.25) is 0 Å². The summed E-state index contributed by atoms with van der Waals surface area (Å²) in [5.74, 6) is -1.87. The van der Waals surface area contributed by atoms with Gasteiger partial charge in [0.1, 0.15) is 11.4 Å². The highest BCUT2D eigenvalue weighted by Crippen LogP contribution is 2.26. The monoisotopic (exact) mass is 460 g/mol. The molecule has 0 bridgehead atoms. The number of fused-ring (bicyclic) bond motifs is 1. The first-order valence-corrected chi connectivity index (χ1v) is 9.46. The molecule has 1 atom stereocenters. The molecule has 2 aromatic carbocycles. The average Bonchev–Trinajstić information content (AvgIpc) is 3.08. The van der Waals surface area contributed by atoms with Gasteiger partial charge in [-0.15, -0.1) is 0 Å².